The number of hydrogen-bond acceptors (Lipinski definition) is 10. The minimum atomic E-state index is -0.449. The average molecular weight is 477 g/mol. The van der Waals surface area contributed by atoms with Gasteiger partial charge < -0.3 is 30.2 Å². The van der Waals surface area contributed by atoms with Crippen molar-refractivity contribution in [2.45, 2.75) is 0 Å². The third-order valence-corrected chi connectivity index (χ3v) is 5.93. The number of anilines is 2. The normalized spacial score (nSPS) is 13.8. The predicted molar refractivity (Wildman–Crippen MR) is 126 cm³/mol. The van der Waals surface area contributed by atoms with E-state index in [-0.39, 0.29) is 16.3 Å². The lowest BCUT2D eigenvalue weighted by atomic mass is 10.1. The molecule has 0 radical (unpaired) electrons. The molecule has 1 amide bonds. The average Bonchev–Trinajstić information content (AvgIpc) is 3.29. The van der Waals surface area contributed by atoms with Crippen LogP contribution in [0.3, 0.4) is 0 Å². The molecule has 2 N–H and O–H groups in total. The summed E-state index contributed by atoms with van der Waals surface area (Å²) >= 11 is 0. The number of carbonyl (C=O) groups is 1. The highest BCUT2D eigenvalue weighted by Gasteiger charge is 2.33. The summed E-state index contributed by atoms with van der Waals surface area (Å²) in [5.41, 5.74) is 7.53. The Bertz CT molecular complexity index is 1380. The van der Waals surface area contributed by atoms with E-state index in [4.69, 9.17) is 19.8 Å². The van der Waals surface area contributed by atoms with E-state index in [0.717, 1.165) is 0 Å². The maximum absolute atomic E-state index is 13.2. The van der Waals surface area contributed by atoms with Crippen LogP contribution in [0.5, 0.6) is 11.5 Å². The Morgan fingerprint density at radius 3 is 2.43 bits per heavy atom. The van der Waals surface area contributed by atoms with Crippen LogP contribution in [-0.4, -0.2) is 66.3 Å². The maximum atomic E-state index is 13.2. The highest BCUT2D eigenvalue weighted by molar-refractivity contribution is 5.96. The molecule has 0 atom stereocenters. The molecular weight excluding hydrogens is 454 g/mol. The van der Waals surface area contributed by atoms with E-state index in [1.54, 1.807) is 55.5 Å². The van der Waals surface area contributed by atoms with Gasteiger partial charge in [0.1, 0.15) is 5.82 Å². The number of nitrogens with two attached hydrogens (primary N) is 1. The van der Waals surface area contributed by atoms with Gasteiger partial charge in [0.05, 0.1) is 19.7 Å². The number of hydrogen-bond donors (Lipinski definition) is 1. The molecule has 2 aromatic carbocycles. The van der Waals surface area contributed by atoms with Crippen molar-refractivity contribution in [3.63, 3.8) is 0 Å². The Balaban J connectivity index is 1.36. The Labute approximate surface area is 200 Å². The molecule has 0 aliphatic carbocycles. The molecule has 0 bridgehead atoms. The first-order valence-electron chi connectivity index (χ1n) is 10.9. The van der Waals surface area contributed by atoms with Gasteiger partial charge in [0.2, 0.25) is 5.95 Å². The highest BCUT2D eigenvalue weighted by Crippen LogP contribution is 2.34. The highest BCUT2D eigenvalue weighted by atomic mass is 16.8. The first kappa shape index (κ1) is 22.2. The number of piperazine rings is 1. The summed E-state index contributed by atoms with van der Waals surface area (Å²) in [6.45, 7) is 1.61. The minimum Gasteiger partial charge on any atom is -0.493 e. The second kappa shape index (κ2) is 8.97. The van der Waals surface area contributed by atoms with Gasteiger partial charge in [-0.25, -0.2) is 4.98 Å². The topological polar surface area (TPSA) is 147 Å². The van der Waals surface area contributed by atoms with Crippen molar-refractivity contribution < 1.29 is 23.8 Å². The van der Waals surface area contributed by atoms with Crippen LogP contribution in [-0.2, 0) is 0 Å². The zero-order chi connectivity index (χ0) is 24.5. The molecule has 3 heterocycles. The van der Waals surface area contributed by atoms with Crippen LogP contribution in [0, 0.1) is 5.21 Å². The monoisotopic (exact) mass is 477 g/mol. The van der Waals surface area contributed by atoms with Crippen molar-refractivity contribution in [1.29, 1.82) is 0 Å². The molecular formula is C23H23N7O5. The number of ether oxygens (including phenoxy) is 2. The van der Waals surface area contributed by atoms with E-state index in [2.05, 4.69) is 15.1 Å². The summed E-state index contributed by atoms with van der Waals surface area (Å²) in [6.07, 6.45) is 0. The fourth-order valence-corrected chi connectivity index (χ4v) is 4.08. The van der Waals surface area contributed by atoms with Gasteiger partial charge in [0.25, 0.3) is 11.4 Å². The van der Waals surface area contributed by atoms with Crippen LogP contribution in [0.4, 0.5) is 11.8 Å². The Kier molecular flexibility index (Phi) is 5.69. The van der Waals surface area contributed by atoms with Gasteiger partial charge in [-0.15, -0.1) is 0 Å². The molecule has 1 aliphatic heterocycles. The first-order valence-corrected chi connectivity index (χ1v) is 10.9. The summed E-state index contributed by atoms with van der Waals surface area (Å²) in [5, 5.41) is 16.7. The number of nitrogens with zero attached hydrogens (tertiary/aromatic N) is 6. The predicted octanol–water partition coefficient (Wildman–Crippen LogP) is 1.48. The lowest BCUT2D eigenvalue weighted by Gasteiger charge is -2.34. The molecule has 0 unspecified atom stereocenters. The Morgan fingerprint density at radius 1 is 1.06 bits per heavy atom. The summed E-state index contributed by atoms with van der Waals surface area (Å²) < 4.78 is 15.5. The van der Waals surface area contributed by atoms with E-state index in [1.165, 1.54) is 0 Å². The van der Waals surface area contributed by atoms with E-state index >= 15 is 0 Å². The molecule has 0 spiro atoms. The number of nitrogen functional groups attached to an aromatic ring is 1. The second-order valence-corrected chi connectivity index (χ2v) is 7.91. The molecule has 1 saturated heterocycles. The zero-order valence-corrected chi connectivity index (χ0v) is 19.2. The lowest BCUT2D eigenvalue weighted by Crippen LogP contribution is -2.51. The third-order valence-electron chi connectivity index (χ3n) is 5.93. The van der Waals surface area contributed by atoms with Gasteiger partial charge in [0, 0.05) is 48.4 Å². The SMILES string of the molecule is COc1cc2nc(N3CCN(C(=O)c4c(-c5ccccc5)no[n+]4[O-])CC3)nc(N)c2cc1OC. The van der Waals surface area contributed by atoms with Gasteiger partial charge in [-0.3, -0.25) is 9.42 Å². The van der Waals surface area contributed by atoms with Gasteiger partial charge in [-0.05, 0) is 11.0 Å². The van der Waals surface area contributed by atoms with Crippen molar-refractivity contribution in [2.75, 3.05) is 51.0 Å². The van der Waals surface area contributed by atoms with E-state index in [0.29, 0.717) is 65.9 Å². The maximum Gasteiger partial charge on any atom is 0.302 e. The summed E-state index contributed by atoms with van der Waals surface area (Å²) in [7, 11) is 3.10. The van der Waals surface area contributed by atoms with E-state index < -0.39 is 5.91 Å². The number of amides is 1. The minimum absolute atomic E-state index is 0.142. The fourth-order valence-electron chi connectivity index (χ4n) is 4.08. The second-order valence-electron chi connectivity index (χ2n) is 7.91. The van der Waals surface area contributed by atoms with Crippen LogP contribution in [0.15, 0.2) is 47.1 Å². The molecule has 4 aromatic rings. The fraction of sp³-hybridized carbons (Fsp3) is 0.261. The first-order chi connectivity index (χ1) is 17.0. The number of rotatable bonds is 5. The Morgan fingerprint density at radius 2 is 1.74 bits per heavy atom. The van der Waals surface area contributed by atoms with Gasteiger partial charge in [-0.1, -0.05) is 30.3 Å². The molecule has 12 nitrogen and oxygen atoms in total. The molecule has 1 aliphatic rings. The van der Waals surface area contributed by atoms with Crippen molar-refractivity contribution in [1.82, 2.24) is 20.0 Å². The number of fused-ring (bicyclic) bond motifs is 1. The lowest BCUT2D eigenvalue weighted by molar-refractivity contribution is -0.803. The molecule has 12 heteroatoms. The quantitative estimate of drug-likeness (QED) is 0.419. The summed E-state index contributed by atoms with van der Waals surface area (Å²) in [4.78, 5) is 26.0. The van der Waals surface area contributed by atoms with Crippen molar-refractivity contribution in [2.24, 2.45) is 0 Å². The van der Waals surface area contributed by atoms with Crippen LogP contribution >= 0.6 is 0 Å². The smallest absolute Gasteiger partial charge is 0.302 e. The number of aromatic nitrogens is 4. The number of carbonyl (C=O) groups excluding carboxylic acids is 1. The van der Waals surface area contributed by atoms with Crippen molar-refractivity contribution in [3.05, 3.63) is 53.4 Å². The summed E-state index contributed by atoms with van der Waals surface area (Å²) in [6, 6.07) is 12.5. The van der Waals surface area contributed by atoms with Crippen LogP contribution in [0.2, 0.25) is 0 Å². The van der Waals surface area contributed by atoms with Gasteiger partial charge in [-0.2, -0.15) is 4.98 Å². The molecule has 0 saturated carbocycles. The van der Waals surface area contributed by atoms with Crippen molar-refractivity contribution >= 4 is 28.6 Å². The molecule has 2 aromatic heterocycles. The third kappa shape index (κ3) is 3.98. The number of methoxy groups -OCH3 is 2. The van der Waals surface area contributed by atoms with E-state index in [1.807, 2.05) is 11.0 Å². The van der Waals surface area contributed by atoms with Crippen LogP contribution < -0.4 is 25.0 Å². The van der Waals surface area contributed by atoms with E-state index in [9.17, 15) is 10.0 Å². The number of benzene rings is 2. The standard InChI is InChI=1S/C23H23N7O5/c1-33-17-12-15-16(13-18(17)34-2)25-23(26-21(15)24)29-10-8-28(9-11-29)22(31)20-19(27-35-30(20)32)14-6-4-3-5-7-14/h3-7,12-13H,8-11H2,1-2H3,(H2,24,25,26). The largest absolute Gasteiger partial charge is 0.493 e. The van der Waals surface area contributed by atoms with Crippen LogP contribution in [0.25, 0.3) is 22.2 Å². The molecule has 180 valence electrons. The van der Waals surface area contributed by atoms with Gasteiger partial charge in [0.15, 0.2) is 11.5 Å². The molecule has 1 fully saturated rings. The zero-order valence-electron chi connectivity index (χ0n) is 19.2. The summed E-state index contributed by atoms with van der Waals surface area (Å²) in [5.74, 6) is 1.38. The van der Waals surface area contributed by atoms with Gasteiger partial charge >= 0.3 is 5.91 Å². The van der Waals surface area contributed by atoms with Crippen LogP contribution in [0.1, 0.15) is 10.5 Å². The molecule has 5 rings (SSSR count). The Hall–Kier alpha value is -4.61. The molecule has 35 heavy (non-hydrogen) atoms. The van der Waals surface area contributed by atoms with Crippen molar-refractivity contribution in [3.8, 4) is 22.8 Å².